The van der Waals surface area contributed by atoms with Gasteiger partial charge in [-0.1, -0.05) is 26.0 Å². The maximum atomic E-state index is 8.90. The van der Waals surface area contributed by atoms with Crippen molar-refractivity contribution in [1.82, 2.24) is 15.2 Å². The molecule has 0 unspecified atom stereocenters. The van der Waals surface area contributed by atoms with E-state index in [-0.39, 0.29) is 0 Å². The molecule has 1 fully saturated rings. The standard InChI is InChI=1S/C18H21N5/c1-3-16-17(4-2)21-22-18(20-16)23(15-9-10-15)12-14-7-5-13(11-19)6-8-14/h5-8,15H,3-4,9-10,12H2,1-2H3. The smallest absolute Gasteiger partial charge is 0.246 e. The lowest BCUT2D eigenvalue weighted by Gasteiger charge is -2.22. The Morgan fingerprint density at radius 3 is 2.35 bits per heavy atom. The van der Waals surface area contributed by atoms with Crippen LogP contribution in [0, 0.1) is 11.3 Å². The van der Waals surface area contributed by atoms with Gasteiger partial charge in [-0.2, -0.15) is 10.4 Å². The molecule has 0 radical (unpaired) electrons. The second-order valence-corrected chi connectivity index (χ2v) is 5.88. The summed E-state index contributed by atoms with van der Waals surface area (Å²) in [7, 11) is 0. The zero-order valence-electron chi connectivity index (χ0n) is 13.7. The summed E-state index contributed by atoms with van der Waals surface area (Å²) in [4.78, 5) is 7.00. The quantitative estimate of drug-likeness (QED) is 0.820. The van der Waals surface area contributed by atoms with E-state index in [0.29, 0.717) is 11.6 Å². The summed E-state index contributed by atoms with van der Waals surface area (Å²) in [6, 6.07) is 10.4. The third-order valence-electron chi connectivity index (χ3n) is 4.18. The van der Waals surface area contributed by atoms with Gasteiger partial charge in [0.25, 0.3) is 0 Å². The van der Waals surface area contributed by atoms with Crippen molar-refractivity contribution in [2.24, 2.45) is 0 Å². The number of hydrogen-bond donors (Lipinski definition) is 0. The van der Waals surface area contributed by atoms with E-state index in [2.05, 4.69) is 35.0 Å². The monoisotopic (exact) mass is 307 g/mol. The van der Waals surface area contributed by atoms with Gasteiger partial charge in [0.15, 0.2) is 0 Å². The van der Waals surface area contributed by atoms with E-state index < -0.39 is 0 Å². The molecule has 1 aromatic carbocycles. The second kappa shape index (κ2) is 6.74. The van der Waals surface area contributed by atoms with Crippen molar-refractivity contribution < 1.29 is 0 Å². The van der Waals surface area contributed by atoms with Crippen LogP contribution in [0.1, 0.15) is 49.2 Å². The van der Waals surface area contributed by atoms with Crippen molar-refractivity contribution in [3.63, 3.8) is 0 Å². The summed E-state index contributed by atoms with van der Waals surface area (Å²) in [6.45, 7) is 4.95. The van der Waals surface area contributed by atoms with Gasteiger partial charge in [0.1, 0.15) is 0 Å². The number of nitriles is 1. The van der Waals surface area contributed by atoms with Crippen molar-refractivity contribution in [3.05, 3.63) is 46.8 Å². The molecular formula is C18H21N5. The van der Waals surface area contributed by atoms with Gasteiger partial charge in [-0.15, -0.1) is 5.10 Å². The number of hydrogen-bond acceptors (Lipinski definition) is 5. The molecule has 0 saturated heterocycles. The second-order valence-electron chi connectivity index (χ2n) is 5.88. The summed E-state index contributed by atoms with van der Waals surface area (Å²) >= 11 is 0. The Kier molecular flexibility index (Phi) is 4.52. The van der Waals surface area contributed by atoms with Gasteiger partial charge in [-0.25, -0.2) is 4.98 Å². The minimum Gasteiger partial charge on any atom is -0.332 e. The minimum atomic E-state index is 0.504. The van der Waals surface area contributed by atoms with E-state index in [0.717, 1.165) is 42.3 Å². The van der Waals surface area contributed by atoms with Gasteiger partial charge in [0.05, 0.1) is 23.0 Å². The van der Waals surface area contributed by atoms with Gasteiger partial charge in [0.2, 0.25) is 5.95 Å². The maximum Gasteiger partial charge on any atom is 0.246 e. The van der Waals surface area contributed by atoms with Gasteiger partial charge >= 0.3 is 0 Å². The topological polar surface area (TPSA) is 65.7 Å². The van der Waals surface area contributed by atoms with E-state index in [9.17, 15) is 0 Å². The summed E-state index contributed by atoms with van der Waals surface area (Å²) in [5.41, 5.74) is 3.88. The summed E-state index contributed by atoms with van der Waals surface area (Å²) in [6.07, 6.45) is 4.09. The highest BCUT2D eigenvalue weighted by Crippen LogP contribution is 2.31. The molecule has 3 rings (SSSR count). The van der Waals surface area contributed by atoms with E-state index in [4.69, 9.17) is 10.2 Å². The third-order valence-corrected chi connectivity index (χ3v) is 4.18. The Bertz CT molecular complexity index is 713. The molecule has 1 aliphatic rings. The lowest BCUT2D eigenvalue weighted by atomic mass is 10.1. The third kappa shape index (κ3) is 3.48. The number of nitrogens with zero attached hydrogens (tertiary/aromatic N) is 5. The molecule has 0 aliphatic heterocycles. The normalized spacial score (nSPS) is 13.6. The summed E-state index contributed by atoms with van der Waals surface area (Å²) in [5.74, 6) is 0.728. The molecule has 0 atom stereocenters. The van der Waals surface area contributed by atoms with Gasteiger partial charge < -0.3 is 4.90 Å². The lowest BCUT2D eigenvalue weighted by Crippen LogP contribution is -2.28. The summed E-state index contributed by atoms with van der Waals surface area (Å²) in [5, 5.41) is 17.6. The van der Waals surface area contributed by atoms with E-state index in [1.165, 1.54) is 12.8 Å². The molecule has 23 heavy (non-hydrogen) atoms. The molecule has 5 heteroatoms. The predicted octanol–water partition coefficient (Wildman–Crippen LogP) is 3.04. The Labute approximate surface area is 137 Å². The van der Waals surface area contributed by atoms with Crippen LogP contribution in [-0.2, 0) is 19.4 Å². The van der Waals surface area contributed by atoms with Crippen molar-refractivity contribution in [2.45, 2.75) is 52.1 Å². The fourth-order valence-electron chi connectivity index (χ4n) is 2.68. The largest absolute Gasteiger partial charge is 0.332 e. The first-order chi connectivity index (χ1) is 11.2. The Morgan fingerprint density at radius 1 is 1.09 bits per heavy atom. The fraction of sp³-hybridized carbons (Fsp3) is 0.444. The molecule has 0 amide bonds. The van der Waals surface area contributed by atoms with Gasteiger partial charge in [-0.05, 0) is 43.4 Å². The van der Waals surface area contributed by atoms with E-state index in [1.807, 2.05) is 24.3 Å². The van der Waals surface area contributed by atoms with Crippen LogP contribution in [0.25, 0.3) is 0 Å². The molecule has 0 bridgehead atoms. The zero-order valence-corrected chi connectivity index (χ0v) is 13.7. The Hall–Kier alpha value is -2.48. The van der Waals surface area contributed by atoms with Crippen LogP contribution in [0.5, 0.6) is 0 Å². The molecule has 0 N–H and O–H groups in total. The predicted molar refractivity (Wildman–Crippen MR) is 88.9 cm³/mol. The molecule has 1 saturated carbocycles. The molecule has 1 heterocycles. The molecular weight excluding hydrogens is 286 g/mol. The number of rotatable bonds is 6. The minimum absolute atomic E-state index is 0.504. The number of aryl methyl sites for hydroxylation is 2. The van der Waals surface area contributed by atoms with Crippen molar-refractivity contribution >= 4 is 5.95 Å². The van der Waals surface area contributed by atoms with Gasteiger partial charge in [-0.3, -0.25) is 0 Å². The lowest BCUT2D eigenvalue weighted by molar-refractivity contribution is 0.716. The van der Waals surface area contributed by atoms with Crippen LogP contribution in [-0.4, -0.2) is 21.2 Å². The zero-order chi connectivity index (χ0) is 16.2. The average molecular weight is 307 g/mol. The number of benzene rings is 1. The van der Waals surface area contributed by atoms with Crippen LogP contribution in [0.15, 0.2) is 24.3 Å². The highest BCUT2D eigenvalue weighted by molar-refractivity contribution is 5.38. The molecule has 2 aromatic rings. The molecule has 1 aliphatic carbocycles. The molecule has 0 spiro atoms. The van der Waals surface area contributed by atoms with Crippen molar-refractivity contribution in [1.29, 1.82) is 5.26 Å². The van der Waals surface area contributed by atoms with Crippen LogP contribution in [0.4, 0.5) is 5.95 Å². The maximum absolute atomic E-state index is 8.90. The van der Waals surface area contributed by atoms with Crippen LogP contribution >= 0.6 is 0 Å². The van der Waals surface area contributed by atoms with Crippen molar-refractivity contribution in [2.75, 3.05) is 4.90 Å². The average Bonchev–Trinajstić information content (AvgIpc) is 3.44. The van der Waals surface area contributed by atoms with Crippen molar-refractivity contribution in [3.8, 4) is 6.07 Å². The molecule has 1 aromatic heterocycles. The highest BCUT2D eigenvalue weighted by Gasteiger charge is 2.31. The van der Waals surface area contributed by atoms with Crippen LogP contribution in [0.3, 0.4) is 0 Å². The van der Waals surface area contributed by atoms with Gasteiger partial charge in [0, 0.05) is 12.6 Å². The van der Waals surface area contributed by atoms with Crippen LogP contribution < -0.4 is 4.90 Å². The van der Waals surface area contributed by atoms with E-state index >= 15 is 0 Å². The number of anilines is 1. The Morgan fingerprint density at radius 2 is 1.78 bits per heavy atom. The summed E-state index contributed by atoms with van der Waals surface area (Å²) < 4.78 is 0. The molecule has 5 nitrogen and oxygen atoms in total. The highest BCUT2D eigenvalue weighted by atomic mass is 15.3. The molecule has 118 valence electrons. The fourth-order valence-corrected chi connectivity index (χ4v) is 2.68. The first-order valence-corrected chi connectivity index (χ1v) is 8.23. The first-order valence-electron chi connectivity index (χ1n) is 8.23. The SMILES string of the molecule is CCc1nnc(N(Cc2ccc(C#N)cc2)C2CC2)nc1CC. The van der Waals surface area contributed by atoms with E-state index in [1.54, 1.807) is 0 Å². The van der Waals surface area contributed by atoms with Crippen LogP contribution in [0.2, 0.25) is 0 Å². The Balaban J connectivity index is 1.85. The first kappa shape index (κ1) is 15.4. The number of aromatic nitrogens is 3.